The first-order valence-electron chi connectivity index (χ1n) is 36.8. The fourth-order valence-electron chi connectivity index (χ4n) is 15.1. The first-order chi connectivity index (χ1) is 57.0. The Labute approximate surface area is 709 Å². The van der Waals surface area contributed by atoms with Gasteiger partial charge in [-0.15, -0.1) is 68.0 Å². The molecular weight excluding hydrogens is 1770 g/mol. The molecule has 21 aromatic rings. The number of pyridine rings is 3. The van der Waals surface area contributed by atoms with Crippen molar-refractivity contribution < 1.29 is 49.8 Å². The van der Waals surface area contributed by atoms with E-state index in [1.54, 1.807) is 86.6 Å². The fourth-order valence-corrected chi connectivity index (χ4v) is 20.2. The summed E-state index contributed by atoms with van der Waals surface area (Å²) in [5, 5.41) is 43.2. The Morgan fingerprint density at radius 3 is 0.593 bits per heavy atom. The van der Waals surface area contributed by atoms with Crippen LogP contribution in [0.3, 0.4) is 0 Å². The minimum atomic E-state index is -1.08. The molecule has 0 fully saturated rings. The second-order valence-corrected chi connectivity index (χ2v) is 32.9. The molecule has 0 aliphatic carbocycles. The summed E-state index contributed by atoms with van der Waals surface area (Å²) < 4.78 is 12.4. The molecule has 0 atom stereocenters. The first kappa shape index (κ1) is 76.2. The number of carboxylic acid groups (broad SMARTS) is 3. The number of benzene rings is 6. The number of carboxylic acids is 3. The molecule has 0 aliphatic heterocycles. The van der Waals surface area contributed by atoms with Crippen LogP contribution in [-0.2, 0) is 20.1 Å². The van der Waals surface area contributed by atoms with Crippen LogP contribution in [0, 0.1) is 41.5 Å². The smallest absolute Gasteiger partial charge is 0.355 e. The van der Waals surface area contributed by atoms with E-state index in [0.717, 1.165) is 182 Å². The Balaban J connectivity index is 0.000000121. The van der Waals surface area contributed by atoms with Crippen LogP contribution in [0.4, 0.5) is 0 Å². The normalized spacial score (nSPS) is 11.4. The second kappa shape index (κ2) is 31.1. The van der Waals surface area contributed by atoms with Crippen LogP contribution >= 0.6 is 68.0 Å². The van der Waals surface area contributed by atoms with Crippen molar-refractivity contribution in [3.63, 3.8) is 0 Å². The SMILES string of the molecule is Cc1csc2nc(-c3ccccc3-c3ccnc(C(=O)O)c3-c3ccccc3-c3cn4c(C)csc4n3)cn12.Cc1csc2nc(-c3ccccc3-c3ccnc(C(=O)O)c3-c3ccccc3-c3cn4c(C)csc4n3)cn12.Cc1csc2nc(-c3ccccc3-c3ccnc(C(=O)O)c3-c3ccccc3-c3cn4c(C)csc4n3)cn12.[Ir]. The molecule has 15 heterocycles. The quantitative estimate of drug-likeness (QED) is 0.0862. The van der Waals surface area contributed by atoms with E-state index in [4.69, 9.17) is 29.9 Å². The summed E-state index contributed by atoms with van der Waals surface area (Å²) in [4.78, 5) is 85.3. The molecule has 0 saturated heterocycles. The number of thiazole rings is 6. The van der Waals surface area contributed by atoms with Gasteiger partial charge in [-0.2, -0.15) is 0 Å². The number of nitrogens with zero attached hydrogens (tertiary/aromatic N) is 15. The molecule has 0 saturated carbocycles. The van der Waals surface area contributed by atoms with Gasteiger partial charge in [-0.05, 0) is 110 Å². The average Bonchev–Trinajstić information content (AvgIpc) is 1.40. The van der Waals surface area contributed by atoms with Crippen LogP contribution in [0.1, 0.15) is 65.6 Å². The minimum Gasteiger partial charge on any atom is -0.476 e. The van der Waals surface area contributed by atoms with Crippen molar-refractivity contribution in [2.45, 2.75) is 41.5 Å². The van der Waals surface area contributed by atoms with Gasteiger partial charge in [0, 0.05) is 192 Å². The largest absolute Gasteiger partial charge is 0.476 e. The summed E-state index contributed by atoms with van der Waals surface area (Å²) in [5.41, 5.74) is 25.7. The molecule has 21 rings (SSSR count). The topological polar surface area (TPSA) is 254 Å². The molecule has 28 heteroatoms. The average molecular weight is 1840 g/mol. The monoisotopic (exact) mass is 1830 g/mol. The van der Waals surface area contributed by atoms with Crippen LogP contribution in [0.25, 0.3) is 164 Å². The Morgan fingerprint density at radius 1 is 0.246 bits per heavy atom. The van der Waals surface area contributed by atoms with Crippen molar-refractivity contribution in [2.75, 3.05) is 0 Å². The van der Waals surface area contributed by atoms with E-state index in [2.05, 4.69) is 94.4 Å². The van der Waals surface area contributed by atoms with E-state index in [9.17, 15) is 29.7 Å². The predicted octanol–water partition coefficient (Wildman–Crippen LogP) is 22.4. The van der Waals surface area contributed by atoms with E-state index in [-0.39, 0.29) is 37.2 Å². The van der Waals surface area contributed by atoms with Crippen LogP contribution in [0.15, 0.2) is 252 Å². The van der Waals surface area contributed by atoms with Crippen LogP contribution in [-0.4, -0.2) is 104 Å². The Kier molecular flexibility index (Phi) is 20.1. The number of rotatable bonds is 15. The molecule has 0 amide bonds. The van der Waals surface area contributed by atoms with Gasteiger partial charge < -0.3 is 15.3 Å². The molecule has 6 aromatic carbocycles. The maximum Gasteiger partial charge on any atom is 0.355 e. The summed E-state index contributed by atoms with van der Waals surface area (Å²) in [6.07, 6.45) is 16.8. The Hall–Kier alpha value is -13.2. The molecular formula is C90H63IrN15O6S6. The maximum absolute atomic E-state index is 12.6. The molecule has 118 heavy (non-hydrogen) atoms. The number of aromatic nitrogens is 15. The maximum atomic E-state index is 12.6. The molecule has 0 bridgehead atoms. The number of imidazole rings is 6. The van der Waals surface area contributed by atoms with Gasteiger partial charge in [0.15, 0.2) is 46.8 Å². The second-order valence-electron chi connectivity index (χ2n) is 27.9. The van der Waals surface area contributed by atoms with Crippen molar-refractivity contribution >= 4 is 116 Å². The minimum absolute atomic E-state index is 0. The summed E-state index contributed by atoms with van der Waals surface area (Å²) >= 11 is 9.53. The zero-order valence-corrected chi connectivity index (χ0v) is 70.6. The van der Waals surface area contributed by atoms with Crippen LogP contribution < -0.4 is 0 Å². The summed E-state index contributed by atoms with van der Waals surface area (Å²) in [5.74, 6) is -3.25. The van der Waals surface area contributed by atoms with Gasteiger partial charge in [-0.25, -0.2) is 59.2 Å². The third-order valence-corrected chi connectivity index (χ3v) is 26.4. The zero-order chi connectivity index (χ0) is 80.0. The zero-order valence-electron chi connectivity index (χ0n) is 63.3. The van der Waals surface area contributed by atoms with Gasteiger partial charge in [0.2, 0.25) is 0 Å². The van der Waals surface area contributed by atoms with Crippen molar-refractivity contribution in [2.24, 2.45) is 0 Å². The van der Waals surface area contributed by atoms with E-state index in [0.29, 0.717) is 16.7 Å². The number of carbonyl (C=O) groups is 3. The Bertz CT molecular complexity index is 6840. The number of aromatic carboxylic acids is 3. The number of fused-ring (bicyclic) bond motifs is 6. The molecule has 0 aliphatic rings. The number of aryl methyl sites for hydroxylation is 6. The number of hydrogen-bond donors (Lipinski definition) is 3. The van der Waals surface area contributed by atoms with Crippen molar-refractivity contribution in [3.05, 3.63) is 303 Å². The van der Waals surface area contributed by atoms with Gasteiger partial charge in [0.05, 0.1) is 34.2 Å². The molecule has 0 unspecified atom stereocenters. The number of hydrogen-bond acceptors (Lipinski definition) is 18. The van der Waals surface area contributed by atoms with E-state index < -0.39 is 17.9 Å². The summed E-state index contributed by atoms with van der Waals surface area (Å²) in [6.45, 7) is 12.3. The molecule has 1 radical (unpaired) electrons. The van der Waals surface area contributed by atoms with E-state index in [1.165, 1.54) is 0 Å². The van der Waals surface area contributed by atoms with Crippen molar-refractivity contribution in [1.82, 2.24) is 71.3 Å². The van der Waals surface area contributed by atoms with Crippen molar-refractivity contribution in [1.29, 1.82) is 0 Å². The first-order valence-corrected chi connectivity index (χ1v) is 42.1. The van der Waals surface area contributed by atoms with Crippen molar-refractivity contribution in [3.8, 4) is 134 Å². The van der Waals surface area contributed by atoms with Crippen LogP contribution in [0.5, 0.6) is 0 Å². The van der Waals surface area contributed by atoms with Gasteiger partial charge in [0.25, 0.3) is 0 Å². The van der Waals surface area contributed by atoms with Crippen LogP contribution in [0.2, 0.25) is 0 Å². The fraction of sp³-hybridized carbons (Fsp3) is 0.0667. The van der Waals surface area contributed by atoms with Gasteiger partial charge in [0.1, 0.15) is 0 Å². The third-order valence-electron chi connectivity index (χ3n) is 20.7. The molecule has 21 nitrogen and oxygen atoms in total. The standard InChI is InChI=1S/3C30H21N5O2S2.Ir/c3*1-17-15-38-29-32-24(13-34(17)29)20-8-4-3-7-19(20)23-11-12-31-27(28(36)37)26(23)22-10-6-5-9-21(22)25-14-35-18(2)16-39-30(35)33-25;/h3*3-16H,1-2H3,(H,36,37);. The Morgan fingerprint density at radius 2 is 0.415 bits per heavy atom. The van der Waals surface area contributed by atoms with Gasteiger partial charge in [-0.1, -0.05) is 146 Å². The molecule has 15 aromatic heterocycles. The summed E-state index contributed by atoms with van der Waals surface area (Å²) in [7, 11) is 0. The van der Waals surface area contributed by atoms with Gasteiger partial charge >= 0.3 is 17.9 Å². The van der Waals surface area contributed by atoms with E-state index >= 15 is 0 Å². The summed E-state index contributed by atoms with van der Waals surface area (Å²) in [6, 6.07) is 53.0. The third kappa shape index (κ3) is 13.5. The predicted molar refractivity (Wildman–Crippen MR) is 467 cm³/mol. The van der Waals surface area contributed by atoms with E-state index in [1.807, 2.05) is 222 Å². The van der Waals surface area contributed by atoms with Gasteiger partial charge in [-0.3, -0.25) is 26.4 Å². The molecule has 0 spiro atoms. The molecule has 3 N–H and O–H groups in total. The molecule has 579 valence electrons.